The molecule has 8 nitrogen and oxygen atoms in total. The van der Waals surface area contributed by atoms with Gasteiger partial charge in [0.2, 0.25) is 0 Å². The minimum absolute atomic E-state index is 0.0595. The average Bonchev–Trinajstić information content (AvgIpc) is 3.86. The van der Waals surface area contributed by atoms with Crippen molar-refractivity contribution < 1.29 is 19.5 Å². The zero-order valence-electron chi connectivity index (χ0n) is 33.9. The van der Waals surface area contributed by atoms with Crippen molar-refractivity contribution in [3.05, 3.63) is 178 Å². The minimum atomic E-state index is -0.303. The van der Waals surface area contributed by atoms with Gasteiger partial charge in [0.05, 0.1) is 17.5 Å². The maximum atomic E-state index is 13.6. The highest BCUT2D eigenvalue weighted by atomic mass is 16.3. The SMILES string of the molecule is CC1=C(C2=CCC(=O)CC2)C(=O)n2nc(-c3ccccc3)c(-c3ccccc3)c2C1.CC1=C(C2=CCC(O)CC2)C(=O)n2nc(-c3ccccc3)c(-c3ccccc3)c2C1. The number of aromatic nitrogens is 4. The standard InChI is InChI=1S/C26H24N2O2.C26H22N2O2/c2*1-17-16-22-24(18-8-4-2-5-9-18)25(20-10-6-3-7-11-20)27-28(22)26(30)23(17)19-12-14-21(29)15-13-19/h2-12,21,29H,13-16H2,1H3;2-12H,13-16H2,1H3. The van der Waals surface area contributed by atoms with Gasteiger partial charge in [0.1, 0.15) is 17.2 Å². The van der Waals surface area contributed by atoms with E-state index >= 15 is 0 Å². The average molecular weight is 791 g/mol. The van der Waals surface area contributed by atoms with Gasteiger partial charge in [-0.05, 0) is 61.8 Å². The lowest BCUT2D eigenvalue weighted by Crippen LogP contribution is -2.26. The molecule has 4 heterocycles. The van der Waals surface area contributed by atoms with E-state index in [1.54, 1.807) is 9.36 Å². The van der Waals surface area contributed by atoms with Gasteiger partial charge in [0, 0.05) is 59.1 Å². The number of rotatable bonds is 6. The summed E-state index contributed by atoms with van der Waals surface area (Å²) in [5.41, 5.74) is 15.4. The number of carbonyl (C=O) groups excluding carboxylic acids is 3. The predicted octanol–water partition coefficient (Wildman–Crippen LogP) is 10.6. The van der Waals surface area contributed by atoms with Gasteiger partial charge >= 0.3 is 0 Å². The van der Waals surface area contributed by atoms with Crippen LogP contribution in [0.2, 0.25) is 0 Å². The van der Waals surface area contributed by atoms with Crippen molar-refractivity contribution >= 4 is 17.6 Å². The molecule has 1 N–H and O–H groups in total. The molecule has 8 heteroatoms. The number of Topliss-reactive ketones (excluding diaryl/α,β-unsaturated/α-hetero) is 1. The number of aliphatic hydroxyl groups excluding tert-OH is 1. The van der Waals surface area contributed by atoms with E-state index in [2.05, 4.69) is 24.3 Å². The maximum absolute atomic E-state index is 13.6. The number of ketones is 1. The third-order valence-corrected chi connectivity index (χ3v) is 12.0. The van der Waals surface area contributed by atoms with Crippen LogP contribution in [0, 0.1) is 0 Å². The van der Waals surface area contributed by atoms with Crippen molar-refractivity contribution in [2.24, 2.45) is 0 Å². The smallest absolute Gasteiger partial charge is 0.278 e. The van der Waals surface area contributed by atoms with Crippen LogP contribution in [0.3, 0.4) is 0 Å². The second-order valence-electron chi connectivity index (χ2n) is 16.0. The number of nitrogens with zero attached hydrogens (tertiary/aromatic N) is 4. The first-order valence-corrected chi connectivity index (χ1v) is 20.8. The molecule has 2 aliphatic heterocycles. The van der Waals surface area contributed by atoms with Crippen LogP contribution >= 0.6 is 0 Å². The molecule has 0 amide bonds. The number of aliphatic hydroxyl groups is 1. The summed E-state index contributed by atoms with van der Waals surface area (Å²) in [5, 5.41) is 19.5. The Labute approximate surface area is 349 Å². The largest absolute Gasteiger partial charge is 0.393 e. The topological polar surface area (TPSA) is 107 Å². The van der Waals surface area contributed by atoms with E-state index in [1.165, 1.54) is 0 Å². The summed E-state index contributed by atoms with van der Waals surface area (Å²) >= 11 is 0. The van der Waals surface area contributed by atoms with E-state index in [0.717, 1.165) is 96.0 Å². The summed E-state index contributed by atoms with van der Waals surface area (Å²) < 4.78 is 3.20. The summed E-state index contributed by atoms with van der Waals surface area (Å²) in [6, 6.07) is 40.4. The van der Waals surface area contributed by atoms with E-state index in [-0.39, 0.29) is 23.7 Å². The summed E-state index contributed by atoms with van der Waals surface area (Å²) in [7, 11) is 0. The Morgan fingerprint density at radius 1 is 0.533 bits per heavy atom. The summed E-state index contributed by atoms with van der Waals surface area (Å²) in [5.74, 6) is 0.0854. The molecular weight excluding hydrogens is 745 g/mol. The predicted molar refractivity (Wildman–Crippen MR) is 235 cm³/mol. The number of fused-ring (bicyclic) bond motifs is 2. The van der Waals surface area contributed by atoms with Crippen molar-refractivity contribution in [2.75, 3.05) is 0 Å². The molecule has 60 heavy (non-hydrogen) atoms. The van der Waals surface area contributed by atoms with Crippen LogP contribution in [0.1, 0.15) is 73.3 Å². The summed E-state index contributed by atoms with van der Waals surface area (Å²) in [6.07, 6.45) is 8.58. The molecule has 0 radical (unpaired) electrons. The van der Waals surface area contributed by atoms with Crippen molar-refractivity contribution in [1.82, 2.24) is 19.6 Å². The molecule has 0 spiro atoms. The van der Waals surface area contributed by atoms with Crippen LogP contribution in [-0.2, 0) is 17.6 Å². The number of benzene rings is 4. The molecule has 298 valence electrons. The molecule has 1 unspecified atom stereocenters. The summed E-state index contributed by atoms with van der Waals surface area (Å²) in [4.78, 5) is 38.8. The van der Waals surface area contributed by atoms with Gasteiger partial charge < -0.3 is 5.11 Å². The molecule has 4 aromatic carbocycles. The normalized spacial score (nSPS) is 17.7. The lowest BCUT2D eigenvalue weighted by Gasteiger charge is -2.24. The fraction of sp³-hybridized carbons (Fsp3) is 0.212. The van der Waals surface area contributed by atoms with Crippen LogP contribution in [-0.4, -0.2) is 48.4 Å². The lowest BCUT2D eigenvalue weighted by molar-refractivity contribution is -0.118. The third kappa shape index (κ3) is 7.28. The number of carbonyl (C=O) groups is 3. The lowest BCUT2D eigenvalue weighted by atomic mass is 9.85. The summed E-state index contributed by atoms with van der Waals surface area (Å²) in [6.45, 7) is 4.07. The Hall–Kier alpha value is -6.77. The monoisotopic (exact) mass is 790 g/mol. The fourth-order valence-electron chi connectivity index (χ4n) is 9.05. The Balaban J connectivity index is 0.000000154. The second kappa shape index (κ2) is 16.5. The molecule has 0 saturated carbocycles. The van der Waals surface area contributed by atoms with E-state index in [4.69, 9.17) is 10.2 Å². The van der Waals surface area contributed by atoms with E-state index < -0.39 is 0 Å². The number of hydrogen-bond acceptors (Lipinski definition) is 6. The molecule has 1 atom stereocenters. The Morgan fingerprint density at radius 2 is 0.950 bits per heavy atom. The van der Waals surface area contributed by atoms with Crippen LogP contribution in [0.4, 0.5) is 0 Å². The van der Waals surface area contributed by atoms with E-state index in [9.17, 15) is 19.5 Å². The van der Waals surface area contributed by atoms with Gasteiger partial charge in [-0.1, -0.05) is 145 Å². The molecule has 0 fully saturated rings. The van der Waals surface area contributed by atoms with Crippen molar-refractivity contribution in [3.63, 3.8) is 0 Å². The molecule has 10 rings (SSSR count). The highest BCUT2D eigenvalue weighted by molar-refractivity contribution is 6.04. The van der Waals surface area contributed by atoms with Gasteiger partial charge in [0.25, 0.3) is 11.8 Å². The molecule has 6 aromatic rings. The molecule has 0 bridgehead atoms. The van der Waals surface area contributed by atoms with Crippen LogP contribution in [0.25, 0.3) is 44.8 Å². The first kappa shape index (κ1) is 38.7. The number of allylic oxidation sites excluding steroid dienone is 7. The van der Waals surface area contributed by atoms with Gasteiger partial charge in [-0.3, -0.25) is 14.4 Å². The van der Waals surface area contributed by atoms with Gasteiger partial charge in [-0.15, -0.1) is 0 Å². The zero-order chi connectivity index (χ0) is 41.3. The third-order valence-electron chi connectivity index (χ3n) is 12.0. The van der Waals surface area contributed by atoms with Gasteiger partial charge in [-0.2, -0.15) is 19.6 Å². The van der Waals surface area contributed by atoms with Crippen molar-refractivity contribution in [3.8, 4) is 44.8 Å². The van der Waals surface area contributed by atoms with Crippen LogP contribution < -0.4 is 0 Å². The first-order valence-electron chi connectivity index (χ1n) is 20.8. The highest BCUT2D eigenvalue weighted by Crippen LogP contribution is 2.42. The quantitative estimate of drug-likeness (QED) is 0.180. The van der Waals surface area contributed by atoms with Gasteiger partial charge in [0.15, 0.2) is 0 Å². The van der Waals surface area contributed by atoms with Crippen molar-refractivity contribution in [1.29, 1.82) is 0 Å². The highest BCUT2D eigenvalue weighted by Gasteiger charge is 2.34. The minimum Gasteiger partial charge on any atom is -0.393 e. The Bertz CT molecular complexity index is 2770. The molecule has 0 saturated heterocycles. The fourth-order valence-corrected chi connectivity index (χ4v) is 9.05. The first-order chi connectivity index (χ1) is 29.3. The Morgan fingerprint density at radius 3 is 1.33 bits per heavy atom. The zero-order valence-corrected chi connectivity index (χ0v) is 33.9. The molecule has 2 aliphatic carbocycles. The maximum Gasteiger partial charge on any atom is 0.278 e. The Kier molecular flexibility index (Phi) is 10.6. The van der Waals surface area contributed by atoms with E-state index in [1.807, 2.05) is 123 Å². The number of hydrogen-bond donors (Lipinski definition) is 1. The van der Waals surface area contributed by atoms with Crippen LogP contribution in [0.15, 0.2) is 167 Å². The van der Waals surface area contributed by atoms with Crippen LogP contribution in [0.5, 0.6) is 0 Å². The molecular formula is C52H46N4O4. The molecule has 4 aliphatic rings. The van der Waals surface area contributed by atoms with E-state index in [0.29, 0.717) is 44.9 Å². The molecule has 2 aromatic heterocycles. The van der Waals surface area contributed by atoms with Gasteiger partial charge in [-0.25, -0.2) is 0 Å². The van der Waals surface area contributed by atoms with Crippen molar-refractivity contribution in [2.45, 2.75) is 71.3 Å². The second-order valence-corrected chi connectivity index (χ2v) is 16.0.